The maximum absolute atomic E-state index is 12.9. The first-order chi connectivity index (χ1) is 13.3. The lowest BCUT2D eigenvalue weighted by Crippen LogP contribution is -2.50. The van der Waals surface area contributed by atoms with Gasteiger partial charge < -0.3 is 19.5 Å². The Balaban J connectivity index is 1.48. The van der Waals surface area contributed by atoms with Crippen molar-refractivity contribution < 1.29 is 14.1 Å². The Morgan fingerprint density at radius 1 is 1.07 bits per heavy atom. The predicted octanol–water partition coefficient (Wildman–Crippen LogP) is 2.28. The van der Waals surface area contributed by atoms with Crippen molar-refractivity contribution in [3.63, 3.8) is 0 Å². The topological polar surface area (TPSA) is 93.4 Å². The molecule has 2 saturated heterocycles. The van der Waals surface area contributed by atoms with Gasteiger partial charge in [-0.2, -0.15) is 4.98 Å². The number of nitrogens with zero attached hydrogens (tertiary/aromatic N) is 4. The van der Waals surface area contributed by atoms with Gasteiger partial charge in [0.2, 0.25) is 6.39 Å². The standard InChI is InChI=1S/C19H25N5O3/c25-17(22-19(7-11-26-12-8-19)18-21-14-27-23-18)15-5-6-16(20-13-15)24-9-3-1-2-4-10-24/h5-6,13-14H,1-4,7-12H2,(H,22,25). The lowest BCUT2D eigenvalue weighted by molar-refractivity contribution is 0.0306. The molecule has 1 amide bonds. The van der Waals surface area contributed by atoms with Gasteiger partial charge in [0.1, 0.15) is 11.4 Å². The van der Waals surface area contributed by atoms with Crippen LogP contribution in [0.5, 0.6) is 0 Å². The van der Waals surface area contributed by atoms with Gasteiger partial charge in [-0.1, -0.05) is 18.0 Å². The summed E-state index contributed by atoms with van der Waals surface area (Å²) in [5.74, 6) is 1.25. The molecule has 0 bridgehead atoms. The molecule has 4 heterocycles. The first-order valence-electron chi connectivity index (χ1n) is 9.65. The van der Waals surface area contributed by atoms with E-state index in [1.165, 1.54) is 32.1 Å². The number of pyridine rings is 1. The SMILES string of the molecule is O=C(NC1(c2ncon2)CCOCC1)c1ccc(N2CCCCCC2)nc1. The Morgan fingerprint density at radius 2 is 1.85 bits per heavy atom. The fourth-order valence-electron chi connectivity index (χ4n) is 3.80. The Labute approximate surface area is 158 Å². The van der Waals surface area contributed by atoms with E-state index in [9.17, 15) is 4.79 Å². The number of hydrogen-bond donors (Lipinski definition) is 1. The van der Waals surface area contributed by atoms with Crippen LogP contribution in [0.1, 0.15) is 54.7 Å². The molecule has 144 valence electrons. The summed E-state index contributed by atoms with van der Waals surface area (Å²) in [5.41, 5.74) is -0.130. The van der Waals surface area contributed by atoms with E-state index in [-0.39, 0.29) is 5.91 Å². The van der Waals surface area contributed by atoms with Gasteiger partial charge in [0.25, 0.3) is 5.91 Å². The molecule has 2 aliphatic heterocycles. The van der Waals surface area contributed by atoms with Gasteiger partial charge in [0.15, 0.2) is 5.82 Å². The number of carbonyl (C=O) groups excluding carboxylic acids is 1. The van der Waals surface area contributed by atoms with Crippen LogP contribution in [-0.4, -0.2) is 47.3 Å². The summed E-state index contributed by atoms with van der Waals surface area (Å²) in [5, 5.41) is 7.07. The van der Waals surface area contributed by atoms with Crippen molar-refractivity contribution in [3.8, 4) is 0 Å². The van der Waals surface area contributed by atoms with Crippen LogP contribution in [0.25, 0.3) is 0 Å². The molecular weight excluding hydrogens is 346 g/mol. The summed E-state index contributed by atoms with van der Waals surface area (Å²) in [6.07, 6.45) is 9.10. The quantitative estimate of drug-likeness (QED) is 0.881. The highest BCUT2D eigenvalue weighted by Crippen LogP contribution is 2.30. The van der Waals surface area contributed by atoms with Crippen molar-refractivity contribution in [2.45, 2.75) is 44.1 Å². The summed E-state index contributed by atoms with van der Waals surface area (Å²) in [4.78, 5) is 23.9. The zero-order valence-corrected chi connectivity index (χ0v) is 15.4. The van der Waals surface area contributed by atoms with E-state index in [0.717, 1.165) is 18.9 Å². The number of hydrogen-bond acceptors (Lipinski definition) is 7. The van der Waals surface area contributed by atoms with Crippen molar-refractivity contribution in [3.05, 3.63) is 36.1 Å². The summed E-state index contributed by atoms with van der Waals surface area (Å²) in [7, 11) is 0. The fraction of sp³-hybridized carbons (Fsp3) is 0.579. The molecule has 2 aliphatic rings. The summed E-state index contributed by atoms with van der Waals surface area (Å²) in [6, 6.07) is 3.77. The molecule has 8 nitrogen and oxygen atoms in total. The first kappa shape index (κ1) is 17.9. The Hall–Kier alpha value is -2.48. The Morgan fingerprint density at radius 3 is 2.48 bits per heavy atom. The van der Waals surface area contributed by atoms with Crippen LogP contribution in [0.2, 0.25) is 0 Å². The van der Waals surface area contributed by atoms with Gasteiger partial charge in [-0.3, -0.25) is 4.79 Å². The van der Waals surface area contributed by atoms with E-state index >= 15 is 0 Å². The van der Waals surface area contributed by atoms with Crippen LogP contribution in [0.15, 0.2) is 29.2 Å². The second kappa shape index (κ2) is 8.04. The van der Waals surface area contributed by atoms with Gasteiger partial charge in [-0.15, -0.1) is 0 Å². The molecule has 2 aromatic heterocycles. The normalized spacial score (nSPS) is 20.1. The average molecular weight is 371 g/mol. The third-order valence-electron chi connectivity index (χ3n) is 5.43. The Bertz CT molecular complexity index is 733. The molecule has 27 heavy (non-hydrogen) atoms. The van der Waals surface area contributed by atoms with Crippen molar-refractivity contribution in [2.75, 3.05) is 31.2 Å². The van der Waals surface area contributed by atoms with Crippen LogP contribution in [0, 0.1) is 0 Å². The minimum absolute atomic E-state index is 0.184. The maximum Gasteiger partial charge on any atom is 0.253 e. The lowest BCUT2D eigenvalue weighted by atomic mass is 9.88. The average Bonchev–Trinajstić information content (AvgIpc) is 3.13. The van der Waals surface area contributed by atoms with Gasteiger partial charge in [-0.05, 0) is 25.0 Å². The number of ether oxygens (including phenoxy) is 1. The lowest BCUT2D eigenvalue weighted by Gasteiger charge is -2.35. The van der Waals surface area contributed by atoms with E-state index in [0.29, 0.717) is 37.4 Å². The van der Waals surface area contributed by atoms with Crippen molar-refractivity contribution >= 4 is 11.7 Å². The molecule has 0 radical (unpaired) electrons. The summed E-state index contributed by atoms with van der Waals surface area (Å²) in [6.45, 7) is 3.14. The third-order valence-corrected chi connectivity index (χ3v) is 5.43. The molecule has 0 atom stereocenters. The van der Waals surface area contributed by atoms with Gasteiger partial charge in [0.05, 0.1) is 5.56 Å². The second-order valence-electron chi connectivity index (χ2n) is 7.21. The van der Waals surface area contributed by atoms with E-state index < -0.39 is 5.54 Å². The minimum atomic E-state index is -0.661. The van der Waals surface area contributed by atoms with E-state index in [4.69, 9.17) is 9.26 Å². The van der Waals surface area contributed by atoms with Crippen LogP contribution in [0.4, 0.5) is 5.82 Å². The number of aromatic nitrogens is 3. The minimum Gasteiger partial charge on any atom is -0.381 e. The van der Waals surface area contributed by atoms with E-state index in [1.807, 2.05) is 12.1 Å². The van der Waals surface area contributed by atoms with Gasteiger partial charge in [0, 0.05) is 45.3 Å². The highest BCUT2D eigenvalue weighted by atomic mass is 16.5. The van der Waals surface area contributed by atoms with E-state index in [1.54, 1.807) is 6.20 Å². The zero-order valence-electron chi connectivity index (χ0n) is 15.4. The predicted molar refractivity (Wildman–Crippen MR) is 98.4 cm³/mol. The molecule has 8 heteroatoms. The number of rotatable bonds is 4. The van der Waals surface area contributed by atoms with Crippen molar-refractivity contribution in [2.24, 2.45) is 0 Å². The summed E-state index contributed by atoms with van der Waals surface area (Å²) < 4.78 is 10.3. The molecule has 0 unspecified atom stereocenters. The summed E-state index contributed by atoms with van der Waals surface area (Å²) >= 11 is 0. The van der Waals surface area contributed by atoms with Gasteiger partial charge >= 0.3 is 0 Å². The van der Waals surface area contributed by atoms with Crippen LogP contribution in [0.3, 0.4) is 0 Å². The monoisotopic (exact) mass is 371 g/mol. The molecule has 0 spiro atoms. The second-order valence-corrected chi connectivity index (χ2v) is 7.21. The highest BCUT2D eigenvalue weighted by Gasteiger charge is 2.40. The number of carbonyl (C=O) groups is 1. The molecule has 4 rings (SSSR count). The van der Waals surface area contributed by atoms with Crippen LogP contribution in [-0.2, 0) is 10.3 Å². The highest BCUT2D eigenvalue weighted by molar-refractivity contribution is 5.94. The van der Waals surface area contributed by atoms with Crippen LogP contribution >= 0.6 is 0 Å². The number of nitrogens with one attached hydrogen (secondary N) is 1. The van der Waals surface area contributed by atoms with Crippen LogP contribution < -0.4 is 10.2 Å². The van der Waals surface area contributed by atoms with Gasteiger partial charge in [-0.25, -0.2) is 4.98 Å². The largest absolute Gasteiger partial charge is 0.381 e. The molecule has 2 fully saturated rings. The molecular formula is C19H25N5O3. The Kier molecular flexibility index (Phi) is 5.33. The third kappa shape index (κ3) is 3.95. The van der Waals surface area contributed by atoms with E-state index in [2.05, 4.69) is 25.3 Å². The zero-order chi connectivity index (χ0) is 18.5. The maximum atomic E-state index is 12.9. The molecule has 1 N–H and O–H groups in total. The first-order valence-corrected chi connectivity index (χ1v) is 9.65. The fourth-order valence-corrected chi connectivity index (χ4v) is 3.80. The molecule has 0 saturated carbocycles. The number of amides is 1. The smallest absolute Gasteiger partial charge is 0.253 e. The molecule has 0 aromatic carbocycles. The van der Waals surface area contributed by atoms with Crippen molar-refractivity contribution in [1.29, 1.82) is 0 Å². The molecule has 2 aromatic rings. The van der Waals surface area contributed by atoms with Crippen molar-refractivity contribution in [1.82, 2.24) is 20.4 Å². The molecule has 0 aliphatic carbocycles. The number of anilines is 1.